The van der Waals surface area contributed by atoms with E-state index in [4.69, 9.17) is 9.47 Å². The molecule has 2 aromatic carbocycles. The molecule has 1 aliphatic heterocycles. The van der Waals surface area contributed by atoms with Gasteiger partial charge in [-0.1, -0.05) is 36.4 Å². The van der Waals surface area contributed by atoms with Crippen LogP contribution in [0, 0.1) is 0 Å². The first kappa shape index (κ1) is 12.2. The fraction of sp³-hybridized carbons (Fsp3) is 0.294. The van der Waals surface area contributed by atoms with Crippen molar-refractivity contribution in [1.82, 2.24) is 0 Å². The minimum Gasteiger partial charge on any atom is -0.497 e. The highest BCUT2D eigenvalue weighted by Crippen LogP contribution is 2.38. The average molecular weight is 254 g/mol. The third kappa shape index (κ3) is 2.02. The Morgan fingerprint density at radius 1 is 1.05 bits per heavy atom. The highest BCUT2D eigenvalue weighted by atomic mass is 16.5. The molecule has 1 heterocycles. The van der Waals surface area contributed by atoms with Crippen molar-refractivity contribution >= 4 is 0 Å². The van der Waals surface area contributed by atoms with Gasteiger partial charge in [0.1, 0.15) is 11.4 Å². The zero-order valence-corrected chi connectivity index (χ0v) is 11.3. The Kier molecular flexibility index (Phi) is 3.03. The van der Waals surface area contributed by atoms with Crippen LogP contribution in [0.4, 0.5) is 0 Å². The molecule has 0 amide bonds. The topological polar surface area (TPSA) is 18.5 Å². The molecule has 19 heavy (non-hydrogen) atoms. The molecule has 0 radical (unpaired) electrons. The second kappa shape index (κ2) is 4.71. The van der Waals surface area contributed by atoms with E-state index in [0.29, 0.717) is 0 Å². The minimum absolute atomic E-state index is 0.360. The summed E-state index contributed by atoms with van der Waals surface area (Å²) >= 11 is 0. The smallest absolute Gasteiger partial charge is 0.118 e. The lowest BCUT2D eigenvalue weighted by atomic mass is 9.82. The molecule has 0 fully saturated rings. The van der Waals surface area contributed by atoms with Gasteiger partial charge in [-0.15, -0.1) is 0 Å². The fourth-order valence-corrected chi connectivity index (χ4v) is 2.79. The Hall–Kier alpha value is -1.80. The zero-order chi connectivity index (χ0) is 13.3. The van der Waals surface area contributed by atoms with Crippen molar-refractivity contribution < 1.29 is 9.47 Å². The molecule has 0 saturated heterocycles. The summed E-state index contributed by atoms with van der Waals surface area (Å²) in [6.07, 6.45) is 0.988. The van der Waals surface area contributed by atoms with Crippen LogP contribution in [-0.2, 0) is 16.8 Å². The molecule has 98 valence electrons. The SMILES string of the molecule is COc1ccc(C2(C)OCCc3ccccc32)cc1. The molecular weight excluding hydrogens is 236 g/mol. The van der Waals surface area contributed by atoms with Crippen molar-refractivity contribution in [1.29, 1.82) is 0 Å². The molecular formula is C17H18O2. The van der Waals surface area contributed by atoms with Crippen LogP contribution < -0.4 is 4.74 Å². The van der Waals surface area contributed by atoms with Crippen molar-refractivity contribution in [2.45, 2.75) is 18.9 Å². The van der Waals surface area contributed by atoms with E-state index in [2.05, 4.69) is 43.3 Å². The summed E-state index contributed by atoms with van der Waals surface area (Å²) in [6, 6.07) is 16.7. The molecule has 2 aromatic rings. The maximum Gasteiger partial charge on any atom is 0.118 e. The van der Waals surface area contributed by atoms with Gasteiger partial charge >= 0.3 is 0 Å². The van der Waals surface area contributed by atoms with E-state index in [1.165, 1.54) is 16.7 Å². The highest BCUT2D eigenvalue weighted by Gasteiger charge is 2.34. The second-order valence-electron chi connectivity index (χ2n) is 5.02. The number of fused-ring (bicyclic) bond motifs is 1. The normalized spacial score (nSPS) is 21.8. The molecule has 2 nitrogen and oxygen atoms in total. The second-order valence-corrected chi connectivity index (χ2v) is 5.02. The van der Waals surface area contributed by atoms with Crippen molar-refractivity contribution in [3.63, 3.8) is 0 Å². The molecule has 0 N–H and O–H groups in total. The van der Waals surface area contributed by atoms with Crippen LogP contribution in [0.1, 0.15) is 23.6 Å². The standard InChI is InChI=1S/C17H18O2/c1-17(14-7-9-15(18-2)10-8-14)16-6-4-3-5-13(16)11-12-19-17/h3-10H,11-12H2,1-2H3. The monoisotopic (exact) mass is 254 g/mol. The van der Waals surface area contributed by atoms with Gasteiger partial charge in [0.05, 0.1) is 13.7 Å². The first-order valence-electron chi connectivity index (χ1n) is 6.61. The molecule has 0 spiro atoms. The predicted octanol–water partition coefficient (Wildman–Crippen LogP) is 3.53. The molecule has 2 heteroatoms. The van der Waals surface area contributed by atoms with Crippen LogP contribution in [0.25, 0.3) is 0 Å². The number of ether oxygens (including phenoxy) is 2. The molecule has 0 bridgehead atoms. The molecule has 0 saturated carbocycles. The van der Waals surface area contributed by atoms with E-state index in [1.54, 1.807) is 7.11 Å². The zero-order valence-electron chi connectivity index (χ0n) is 11.3. The number of hydrogen-bond donors (Lipinski definition) is 0. The first-order chi connectivity index (χ1) is 9.24. The summed E-state index contributed by atoms with van der Waals surface area (Å²) in [4.78, 5) is 0. The predicted molar refractivity (Wildman–Crippen MR) is 75.5 cm³/mol. The summed E-state index contributed by atoms with van der Waals surface area (Å²) in [6.45, 7) is 2.91. The number of benzene rings is 2. The van der Waals surface area contributed by atoms with E-state index in [0.717, 1.165) is 18.8 Å². The van der Waals surface area contributed by atoms with Gasteiger partial charge in [-0.25, -0.2) is 0 Å². The third-order valence-electron chi connectivity index (χ3n) is 3.93. The summed E-state index contributed by atoms with van der Waals surface area (Å²) in [5.41, 5.74) is 3.46. The maximum absolute atomic E-state index is 6.11. The van der Waals surface area contributed by atoms with Crippen LogP contribution in [0.15, 0.2) is 48.5 Å². The summed E-state index contributed by atoms with van der Waals surface area (Å²) in [5, 5.41) is 0. The summed E-state index contributed by atoms with van der Waals surface area (Å²) in [5.74, 6) is 0.872. The van der Waals surface area contributed by atoms with E-state index < -0.39 is 0 Å². The molecule has 0 aromatic heterocycles. The van der Waals surface area contributed by atoms with Crippen LogP contribution in [0.2, 0.25) is 0 Å². The van der Waals surface area contributed by atoms with Gasteiger partial charge < -0.3 is 9.47 Å². The largest absolute Gasteiger partial charge is 0.497 e. The minimum atomic E-state index is -0.360. The van der Waals surface area contributed by atoms with Gasteiger partial charge in [-0.3, -0.25) is 0 Å². The van der Waals surface area contributed by atoms with Gasteiger partial charge in [0.15, 0.2) is 0 Å². The number of hydrogen-bond acceptors (Lipinski definition) is 2. The Balaban J connectivity index is 2.07. The van der Waals surface area contributed by atoms with E-state index in [-0.39, 0.29) is 5.60 Å². The number of methoxy groups -OCH3 is 1. The van der Waals surface area contributed by atoms with Gasteiger partial charge in [-0.2, -0.15) is 0 Å². The Morgan fingerprint density at radius 3 is 2.53 bits per heavy atom. The van der Waals surface area contributed by atoms with E-state index in [1.807, 2.05) is 12.1 Å². The third-order valence-corrected chi connectivity index (χ3v) is 3.93. The van der Waals surface area contributed by atoms with Gasteiger partial charge in [0, 0.05) is 0 Å². The Bertz CT molecular complexity index is 574. The lowest BCUT2D eigenvalue weighted by Gasteiger charge is -2.36. The summed E-state index contributed by atoms with van der Waals surface area (Å²) < 4.78 is 11.3. The highest BCUT2D eigenvalue weighted by molar-refractivity contribution is 5.43. The molecule has 1 unspecified atom stereocenters. The van der Waals surface area contributed by atoms with Gasteiger partial charge in [0.25, 0.3) is 0 Å². The van der Waals surface area contributed by atoms with Crippen molar-refractivity contribution in [3.8, 4) is 5.75 Å². The van der Waals surface area contributed by atoms with Crippen LogP contribution in [0.5, 0.6) is 5.75 Å². The lowest BCUT2D eigenvalue weighted by molar-refractivity contribution is -0.0141. The van der Waals surface area contributed by atoms with Crippen LogP contribution in [0.3, 0.4) is 0 Å². The van der Waals surface area contributed by atoms with Gasteiger partial charge in [-0.05, 0) is 42.2 Å². The fourth-order valence-electron chi connectivity index (χ4n) is 2.79. The van der Waals surface area contributed by atoms with Crippen molar-refractivity contribution in [3.05, 3.63) is 65.2 Å². The Morgan fingerprint density at radius 2 is 1.79 bits per heavy atom. The van der Waals surface area contributed by atoms with Crippen LogP contribution in [-0.4, -0.2) is 13.7 Å². The number of rotatable bonds is 2. The Labute approximate surface area is 114 Å². The first-order valence-corrected chi connectivity index (χ1v) is 6.61. The van der Waals surface area contributed by atoms with Gasteiger partial charge in [0.2, 0.25) is 0 Å². The molecule has 3 rings (SSSR count). The quantitative estimate of drug-likeness (QED) is 0.816. The molecule has 1 atom stereocenters. The summed E-state index contributed by atoms with van der Waals surface area (Å²) in [7, 11) is 1.68. The van der Waals surface area contributed by atoms with Crippen LogP contribution >= 0.6 is 0 Å². The maximum atomic E-state index is 6.11. The van der Waals surface area contributed by atoms with Crippen molar-refractivity contribution in [2.24, 2.45) is 0 Å². The molecule has 0 aliphatic carbocycles. The van der Waals surface area contributed by atoms with E-state index >= 15 is 0 Å². The average Bonchev–Trinajstić information content (AvgIpc) is 2.48. The van der Waals surface area contributed by atoms with E-state index in [9.17, 15) is 0 Å². The molecule has 1 aliphatic rings. The van der Waals surface area contributed by atoms with Crippen molar-refractivity contribution in [2.75, 3.05) is 13.7 Å². The lowest BCUT2D eigenvalue weighted by Crippen LogP contribution is -2.33.